The Morgan fingerprint density at radius 3 is 2.08 bits per heavy atom. The van der Waals surface area contributed by atoms with Crippen LogP contribution in [0.15, 0.2) is 0 Å². The molecule has 0 heterocycles. The zero-order chi connectivity index (χ0) is 10.6. The lowest BCUT2D eigenvalue weighted by Crippen LogP contribution is -2.49. The first-order chi connectivity index (χ1) is 5.82. The van der Waals surface area contributed by atoms with Crippen LogP contribution in [0.25, 0.3) is 0 Å². The van der Waals surface area contributed by atoms with Crippen molar-refractivity contribution in [3.63, 3.8) is 0 Å². The van der Waals surface area contributed by atoms with E-state index in [0.717, 1.165) is 0 Å². The number of hydrogen-bond acceptors (Lipinski definition) is 2. The zero-order valence-corrected chi connectivity index (χ0v) is 8.89. The summed E-state index contributed by atoms with van der Waals surface area (Å²) < 4.78 is 0. The van der Waals surface area contributed by atoms with Gasteiger partial charge in [-0.2, -0.15) is 0 Å². The fourth-order valence-electron chi connectivity index (χ4n) is 1.00. The lowest BCUT2D eigenvalue weighted by molar-refractivity contribution is -0.131. The van der Waals surface area contributed by atoms with Gasteiger partial charge in [0, 0.05) is 20.0 Å². The van der Waals surface area contributed by atoms with Crippen LogP contribution in [-0.2, 0) is 9.59 Å². The molecular weight excluding hydrogens is 168 g/mol. The van der Waals surface area contributed by atoms with Crippen LogP contribution in [0.1, 0.15) is 27.7 Å². The average Bonchev–Trinajstić information content (AvgIpc) is 2.01. The summed E-state index contributed by atoms with van der Waals surface area (Å²) in [5, 5.41) is 5.27. The molecule has 0 aliphatic rings. The van der Waals surface area contributed by atoms with Crippen LogP contribution >= 0.6 is 0 Å². The number of rotatable bonds is 3. The fourth-order valence-corrected chi connectivity index (χ4v) is 1.00. The molecular formula is C9H18N2O2. The highest BCUT2D eigenvalue weighted by molar-refractivity contribution is 5.83. The minimum absolute atomic E-state index is 0.0752. The van der Waals surface area contributed by atoms with E-state index in [1.807, 2.05) is 6.92 Å². The fraction of sp³-hybridized carbons (Fsp3) is 0.778. The second-order valence-corrected chi connectivity index (χ2v) is 3.72. The van der Waals surface area contributed by atoms with Crippen LogP contribution in [0, 0.1) is 5.41 Å². The topological polar surface area (TPSA) is 58.2 Å². The van der Waals surface area contributed by atoms with Crippen molar-refractivity contribution in [2.75, 3.05) is 7.05 Å². The van der Waals surface area contributed by atoms with E-state index >= 15 is 0 Å². The summed E-state index contributed by atoms with van der Waals surface area (Å²) >= 11 is 0. The van der Waals surface area contributed by atoms with E-state index in [-0.39, 0.29) is 17.9 Å². The first-order valence-corrected chi connectivity index (χ1v) is 4.31. The van der Waals surface area contributed by atoms with Crippen LogP contribution in [0.5, 0.6) is 0 Å². The highest BCUT2D eigenvalue weighted by atomic mass is 16.2. The summed E-state index contributed by atoms with van der Waals surface area (Å²) in [5.41, 5.74) is -0.583. The van der Waals surface area contributed by atoms with Gasteiger partial charge in [0.2, 0.25) is 11.8 Å². The maximum atomic E-state index is 11.4. The molecule has 0 aromatic heterocycles. The molecule has 0 aliphatic carbocycles. The Hall–Kier alpha value is -1.06. The SMILES string of the molecule is CNC(=O)C(C)(C)[C@H](C)NC(C)=O. The Morgan fingerprint density at radius 2 is 1.77 bits per heavy atom. The van der Waals surface area contributed by atoms with Crippen molar-refractivity contribution in [2.24, 2.45) is 5.41 Å². The number of carbonyl (C=O) groups excluding carboxylic acids is 2. The van der Waals surface area contributed by atoms with Crippen LogP contribution in [-0.4, -0.2) is 24.9 Å². The Kier molecular flexibility index (Phi) is 3.91. The Bertz CT molecular complexity index is 212. The summed E-state index contributed by atoms with van der Waals surface area (Å²) in [6.07, 6.45) is 0. The van der Waals surface area contributed by atoms with Gasteiger partial charge in [-0.3, -0.25) is 9.59 Å². The highest BCUT2D eigenvalue weighted by Gasteiger charge is 2.33. The van der Waals surface area contributed by atoms with E-state index in [4.69, 9.17) is 0 Å². The number of hydrogen-bond donors (Lipinski definition) is 2. The molecule has 0 bridgehead atoms. The molecule has 2 N–H and O–H groups in total. The largest absolute Gasteiger partial charge is 0.359 e. The van der Waals surface area contributed by atoms with Crippen molar-refractivity contribution in [1.29, 1.82) is 0 Å². The standard InChI is InChI=1S/C9H18N2O2/c1-6(11-7(2)12)9(3,4)8(13)10-5/h6H,1-5H3,(H,10,13)(H,11,12)/t6-/m0/s1. The number of nitrogens with one attached hydrogen (secondary N) is 2. The molecule has 0 aromatic carbocycles. The molecule has 0 unspecified atom stereocenters. The maximum absolute atomic E-state index is 11.4. The van der Waals surface area contributed by atoms with Crippen LogP contribution in [0.4, 0.5) is 0 Å². The van der Waals surface area contributed by atoms with Gasteiger partial charge in [-0.1, -0.05) is 0 Å². The highest BCUT2D eigenvalue weighted by Crippen LogP contribution is 2.20. The quantitative estimate of drug-likeness (QED) is 0.665. The molecule has 76 valence electrons. The Morgan fingerprint density at radius 1 is 1.31 bits per heavy atom. The van der Waals surface area contributed by atoms with E-state index in [1.165, 1.54) is 6.92 Å². The lowest BCUT2D eigenvalue weighted by Gasteiger charge is -2.30. The van der Waals surface area contributed by atoms with Crippen molar-refractivity contribution in [1.82, 2.24) is 10.6 Å². The summed E-state index contributed by atoms with van der Waals surface area (Å²) in [4.78, 5) is 22.2. The molecule has 0 rings (SSSR count). The third-order valence-electron chi connectivity index (χ3n) is 2.31. The summed E-state index contributed by atoms with van der Waals surface area (Å²) in [7, 11) is 1.59. The van der Waals surface area contributed by atoms with Gasteiger partial charge in [0.25, 0.3) is 0 Å². The van der Waals surface area contributed by atoms with Crippen molar-refractivity contribution in [3.05, 3.63) is 0 Å². The normalized spacial score (nSPS) is 13.3. The lowest BCUT2D eigenvalue weighted by atomic mass is 9.84. The molecule has 0 saturated carbocycles. The summed E-state index contributed by atoms with van der Waals surface area (Å²) in [5.74, 6) is -0.196. The average molecular weight is 186 g/mol. The minimum Gasteiger partial charge on any atom is -0.359 e. The predicted molar refractivity (Wildman–Crippen MR) is 51.1 cm³/mol. The molecule has 13 heavy (non-hydrogen) atoms. The number of amides is 2. The van der Waals surface area contributed by atoms with Crippen LogP contribution in [0.2, 0.25) is 0 Å². The molecule has 0 saturated heterocycles. The van der Waals surface area contributed by atoms with Gasteiger partial charge < -0.3 is 10.6 Å². The third-order valence-corrected chi connectivity index (χ3v) is 2.31. The van der Waals surface area contributed by atoms with Crippen molar-refractivity contribution < 1.29 is 9.59 Å². The molecule has 0 aromatic rings. The zero-order valence-electron chi connectivity index (χ0n) is 8.89. The van der Waals surface area contributed by atoms with Gasteiger partial charge in [-0.05, 0) is 20.8 Å². The van der Waals surface area contributed by atoms with Gasteiger partial charge in [0.15, 0.2) is 0 Å². The van der Waals surface area contributed by atoms with Gasteiger partial charge in [-0.15, -0.1) is 0 Å². The van der Waals surface area contributed by atoms with Crippen molar-refractivity contribution in [2.45, 2.75) is 33.7 Å². The molecule has 0 radical (unpaired) electrons. The first kappa shape index (κ1) is 11.9. The van der Waals surface area contributed by atoms with Gasteiger partial charge >= 0.3 is 0 Å². The third kappa shape index (κ3) is 3.05. The van der Waals surface area contributed by atoms with Gasteiger partial charge in [0.1, 0.15) is 0 Å². The van der Waals surface area contributed by atoms with E-state index in [0.29, 0.717) is 0 Å². The Labute approximate surface area is 79.1 Å². The molecule has 4 heteroatoms. The van der Waals surface area contributed by atoms with Crippen molar-refractivity contribution in [3.8, 4) is 0 Å². The van der Waals surface area contributed by atoms with Gasteiger partial charge in [0.05, 0.1) is 5.41 Å². The molecule has 1 atom stereocenters. The van der Waals surface area contributed by atoms with E-state index < -0.39 is 5.41 Å². The predicted octanol–water partition coefficient (Wildman–Crippen LogP) is 0.283. The second kappa shape index (κ2) is 4.25. The van der Waals surface area contributed by atoms with Gasteiger partial charge in [-0.25, -0.2) is 0 Å². The molecule has 0 fully saturated rings. The minimum atomic E-state index is -0.583. The maximum Gasteiger partial charge on any atom is 0.227 e. The molecule has 0 spiro atoms. The van der Waals surface area contributed by atoms with Crippen LogP contribution in [0.3, 0.4) is 0 Å². The number of carbonyl (C=O) groups is 2. The van der Waals surface area contributed by atoms with Crippen molar-refractivity contribution >= 4 is 11.8 Å². The first-order valence-electron chi connectivity index (χ1n) is 4.31. The van der Waals surface area contributed by atoms with E-state index in [1.54, 1.807) is 20.9 Å². The van der Waals surface area contributed by atoms with Crippen LogP contribution < -0.4 is 10.6 Å². The van der Waals surface area contributed by atoms with E-state index in [9.17, 15) is 9.59 Å². The second-order valence-electron chi connectivity index (χ2n) is 3.72. The molecule has 4 nitrogen and oxygen atoms in total. The molecule has 0 aliphatic heterocycles. The summed E-state index contributed by atoms with van der Waals surface area (Å²) in [6.45, 7) is 6.85. The monoisotopic (exact) mass is 186 g/mol. The Balaban J connectivity index is 4.43. The summed E-state index contributed by atoms with van der Waals surface area (Å²) in [6, 6.07) is -0.176. The molecule has 2 amide bonds. The van der Waals surface area contributed by atoms with E-state index in [2.05, 4.69) is 10.6 Å². The smallest absolute Gasteiger partial charge is 0.227 e.